The average molecular weight is 426 g/mol. The van der Waals surface area contributed by atoms with E-state index in [0.717, 1.165) is 16.9 Å². The lowest BCUT2D eigenvalue weighted by atomic mass is 10.1. The van der Waals surface area contributed by atoms with Crippen molar-refractivity contribution < 1.29 is 9.59 Å². The lowest BCUT2D eigenvalue weighted by molar-refractivity contribution is -0.127. The molecule has 3 rings (SSSR count). The zero-order chi connectivity index (χ0) is 21.7. The maximum Gasteiger partial charge on any atom is 0.263 e. The summed E-state index contributed by atoms with van der Waals surface area (Å²) in [4.78, 5) is 38.9. The molecule has 0 spiro atoms. The fraction of sp³-hybridized carbons (Fsp3) is 0.286. The van der Waals surface area contributed by atoms with Gasteiger partial charge >= 0.3 is 0 Å². The second kappa shape index (κ2) is 9.45. The molecule has 2 amide bonds. The minimum atomic E-state index is -0.534. The lowest BCUT2D eigenvalue weighted by Crippen LogP contribution is -2.30. The van der Waals surface area contributed by atoms with Gasteiger partial charge in [-0.3, -0.25) is 19.7 Å². The molecule has 1 N–H and O–H groups in total. The van der Waals surface area contributed by atoms with Gasteiger partial charge in [0.1, 0.15) is 10.6 Å². The van der Waals surface area contributed by atoms with Gasteiger partial charge in [-0.1, -0.05) is 41.7 Å². The Kier molecular flexibility index (Phi) is 6.73. The molecule has 2 aromatic heterocycles. The highest BCUT2D eigenvalue weighted by Gasteiger charge is 2.18. The zero-order valence-corrected chi connectivity index (χ0v) is 17.9. The first-order chi connectivity index (χ1) is 14.3. The van der Waals surface area contributed by atoms with Crippen LogP contribution in [0.2, 0.25) is 0 Å². The Morgan fingerprint density at radius 3 is 2.57 bits per heavy atom. The van der Waals surface area contributed by atoms with Crippen molar-refractivity contribution >= 4 is 28.3 Å². The Bertz CT molecular complexity index is 1110. The summed E-state index contributed by atoms with van der Waals surface area (Å²) in [6.07, 6.45) is 2.50. The number of likely N-dealkylation sites (N-methyl/N-ethyl adjacent to an activating group) is 1. The Morgan fingerprint density at radius 2 is 1.87 bits per heavy atom. The third kappa shape index (κ3) is 5.18. The van der Waals surface area contributed by atoms with E-state index in [-0.39, 0.29) is 28.6 Å². The van der Waals surface area contributed by atoms with Gasteiger partial charge in [-0.15, -0.1) is 10.2 Å². The highest BCUT2D eigenvalue weighted by atomic mass is 32.1. The maximum absolute atomic E-state index is 12.9. The predicted molar refractivity (Wildman–Crippen MR) is 116 cm³/mol. The molecule has 0 radical (unpaired) electrons. The van der Waals surface area contributed by atoms with Crippen molar-refractivity contribution in [3.63, 3.8) is 0 Å². The van der Waals surface area contributed by atoms with E-state index in [1.807, 2.05) is 30.3 Å². The van der Waals surface area contributed by atoms with Gasteiger partial charge in [0.05, 0.1) is 6.42 Å². The van der Waals surface area contributed by atoms with Crippen molar-refractivity contribution in [2.24, 2.45) is 0 Å². The SMILES string of the molecule is Cc1ccn(CCc2ccccc2)c(=O)c1C(=O)Nc1nnc(CC(=O)N(C)C)s1. The number of nitrogens with one attached hydrogen (secondary N) is 1. The number of aromatic nitrogens is 3. The van der Waals surface area contributed by atoms with Crippen molar-refractivity contribution in [1.82, 2.24) is 19.7 Å². The monoisotopic (exact) mass is 425 g/mol. The van der Waals surface area contributed by atoms with Crippen molar-refractivity contribution in [1.29, 1.82) is 0 Å². The van der Waals surface area contributed by atoms with Crippen LogP contribution >= 0.6 is 11.3 Å². The number of rotatable bonds is 7. The molecule has 156 valence electrons. The largest absolute Gasteiger partial charge is 0.348 e. The van der Waals surface area contributed by atoms with Crippen LogP contribution in [0.5, 0.6) is 0 Å². The van der Waals surface area contributed by atoms with Gasteiger partial charge in [-0.25, -0.2) is 0 Å². The molecular weight excluding hydrogens is 402 g/mol. The van der Waals surface area contributed by atoms with E-state index in [1.54, 1.807) is 33.3 Å². The van der Waals surface area contributed by atoms with Crippen LogP contribution in [0, 0.1) is 6.92 Å². The van der Waals surface area contributed by atoms with E-state index in [4.69, 9.17) is 0 Å². The van der Waals surface area contributed by atoms with Gasteiger partial charge in [0, 0.05) is 26.8 Å². The van der Waals surface area contributed by atoms with E-state index in [9.17, 15) is 14.4 Å². The fourth-order valence-corrected chi connectivity index (χ4v) is 3.56. The van der Waals surface area contributed by atoms with Crippen molar-refractivity contribution in [2.45, 2.75) is 26.3 Å². The van der Waals surface area contributed by atoms with E-state index >= 15 is 0 Å². The van der Waals surface area contributed by atoms with Gasteiger partial charge < -0.3 is 9.47 Å². The number of nitrogens with zero attached hydrogens (tertiary/aromatic N) is 4. The molecule has 0 fully saturated rings. The first kappa shape index (κ1) is 21.4. The van der Waals surface area contributed by atoms with Gasteiger partial charge in [0.2, 0.25) is 11.0 Å². The summed E-state index contributed by atoms with van der Waals surface area (Å²) in [6, 6.07) is 11.6. The van der Waals surface area contributed by atoms with Crippen molar-refractivity contribution in [3.8, 4) is 0 Å². The second-order valence-corrected chi connectivity index (χ2v) is 8.09. The molecule has 0 atom stereocenters. The number of anilines is 1. The molecule has 1 aromatic carbocycles. The van der Waals surface area contributed by atoms with Crippen LogP contribution in [0.15, 0.2) is 47.4 Å². The minimum absolute atomic E-state index is 0.0756. The molecule has 9 heteroatoms. The maximum atomic E-state index is 12.9. The molecule has 30 heavy (non-hydrogen) atoms. The summed E-state index contributed by atoms with van der Waals surface area (Å²) in [6.45, 7) is 2.19. The summed E-state index contributed by atoms with van der Waals surface area (Å²) in [5, 5.41) is 11.2. The summed E-state index contributed by atoms with van der Waals surface area (Å²) in [5.41, 5.74) is 1.42. The Labute approximate surface area is 178 Å². The molecule has 0 aliphatic carbocycles. The lowest BCUT2D eigenvalue weighted by Gasteiger charge is -2.10. The number of hydrogen-bond acceptors (Lipinski definition) is 6. The molecule has 3 aromatic rings. The normalized spacial score (nSPS) is 10.6. The van der Waals surface area contributed by atoms with Gasteiger partial charge in [0.15, 0.2) is 0 Å². The Balaban J connectivity index is 1.73. The van der Waals surface area contributed by atoms with Crippen LogP contribution in [0.25, 0.3) is 0 Å². The van der Waals surface area contributed by atoms with Gasteiger partial charge in [0.25, 0.3) is 11.5 Å². The summed E-state index contributed by atoms with van der Waals surface area (Å²) in [7, 11) is 3.32. The average Bonchev–Trinajstić information content (AvgIpc) is 3.14. The molecule has 2 heterocycles. The van der Waals surface area contributed by atoms with Crippen LogP contribution in [-0.4, -0.2) is 45.6 Å². The van der Waals surface area contributed by atoms with Crippen LogP contribution in [0.3, 0.4) is 0 Å². The highest BCUT2D eigenvalue weighted by molar-refractivity contribution is 7.15. The number of benzene rings is 1. The molecule has 0 bridgehead atoms. The molecule has 0 aliphatic heterocycles. The number of carbonyl (C=O) groups is 2. The number of amides is 2. The molecule has 8 nitrogen and oxygen atoms in total. The topological polar surface area (TPSA) is 97.2 Å². The minimum Gasteiger partial charge on any atom is -0.348 e. The van der Waals surface area contributed by atoms with Crippen molar-refractivity contribution in [2.75, 3.05) is 19.4 Å². The van der Waals surface area contributed by atoms with E-state index in [2.05, 4.69) is 15.5 Å². The van der Waals surface area contributed by atoms with Crippen LogP contribution in [0.1, 0.15) is 26.5 Å². The van der Waals surface area contributed by atoms with Crippen LogP contribution < -0.4 is 10.9 Å². The van der Waals surface area contributed by atoms with E-state index in [0.29, 0.717) is 23.5 Å². The summed E-state index contributed by atoms with van der Waals surface area (Å²) < 4.78 is 1.54. The van der Waals surface area contributed by atoms with Gasteiger partial charge in [-0.05, 0) is 30.5 Å². The van der Waals surface area contributed by atoms with E-state index < -0.39 is 5.91 Å². The number of hydrogen-bond donors (Lipinski definition) is 1. The first-order valence-electron chi connectivity index (χ1n) is 9.43. The number of pyridine rings is 1. The number of carbonyl (C=O) groups excluding carboxylic acids is 2. The fourth-order valence-electron chi connectivity index (χ4n) is 2.83. The Morgan fingerprint density at radius 1 is 1.13 bits per heavy atom. The highest BCUT2D eigenvalue weighted by Crippen LogP contribution is 2.17. The molecule has 0 unspecified atom stereocenters. The van der Waals surface area contributed by atoms with E-state index in [1.165, 1.54) is 9.47 Å². The standard InChI is InChI=1S/C21H23N5O3S/c1-14-9-11-26(12-10-15-7-5-4-6-8-15)20(29)18(14)19(28)22-21-24-23-16(30-21)13-17(27)25(2)3/h4-9,11H,10,12-13H2,1-3H3,(H,22,24,28). The summed E-state index contributed by atoms with van der Waals surface area (Å²) >= 11 is 1.11. The zero-order valence-electron chi connectivity index (χ0n) is 17.1. The number of aryl methyl sites for hydroxylation is 3. The predicted octanol–water partition coefficient (Wildman–Crippen LogP) is 2.13. The molecule has 0 saturated heterocycles. The third-order valence-electron chi connectivity index (χ3n) is 4.57. The van der Waals surface area contributed by atoms with Crippen LogP contribution in [-0.2, 0) is 24.2 Å². The van der Waals surface area contributed by atoms with Crippen molar-refractivity contribution in [3.05, 3.63) is 74.6 Å². The first-order valence-corrected chi connectivity index (χ1v) is 10.2. The summed E-state index contributed by atoms with van der Waals surface area (Å²) in [5.74, 6) is -0.641. The molecule has 0 aliphatic rings. The Hall–Kier alpha value is -3.33. The molecule has 0 saturated carbocycles. The van der Waals surface area contributed by atoms with Crippen LogP contribution in [0.4, 0.5) is 5.13 Å². The second-order valence-electron chi connectivity index (χ2n) is 7.03. The smallest absolute Gasteiger partial charge is 0.263 e. The molecular formula is C21H23N5O3S. The third-order valence-corrected chi connectivity index (χ3v) is 5.41. The quantitative estimate of drug-likeness (QED) is 0.625. The van der Waals surface area contributed by atoms with Gasteiger partial charge in [-0.2, -0.15) is 0 Å².